The first-order valence-electron chi connectivity index (χ1n) is 10.7. The van der Waals surface area contributed by atoms with Crippen LogP contribution in [0.5, 0.6) is 0 Å². The van der Waals surface area contributed by atoms with Crippen LogP contribution in [-0.4, -0.2) is 37.2 Å². The molecule has 5 rings (SSSR count). The molecule has 2 aromatic carbocycles. The van der Waals surface area contributed by atoms with Crippen molar-refractivity contribution in [2.45, 2.75) is 6.18 Å². The van der Waals surface area contributed by atoms with Gasteiger partial charge in [-0.2, -0.15) is 13.2 Å². The maximum atomic E-state index is 13.9. The van der Waals surface area contributed by atoms with Crippen molar-refractivity contribution < 1.29 is 22.7 Å². The van der Waals surface area contributed by atoms with Gasteiger partial charge >= 0.3 is 6.18 Å². The van der Waals surface area contributed by atoms with Crippen LogP contribution in [-0.2, 0) is 10.9 Å². The fraction of sp³-hybridized carbons (Fsp3) is 0.200. The highest BCUT2D eigenvalue weighted by molar-refractivity contribution is 7.13. The first kappa shape index (κ1) is 22.4. The van der Waals surface area contributed by atoms with Crippen molar-refractivity contribution in [3.05, 3.63) is 77.2 Å². The summed E-state index contributed by atoms with van der Waals surface area (Å²) >= 11 is 1.47. The average molecular weight is 484 g/mol. The van der Waals surface area contributed by atoms with Crippen LogP contribution >= 0.6 is 11.3 Å². The number of carbonyl (C=O) groups excluding carboxylic acids is 1. The summed E-state index contributed by atoms with van der Waals surface area (Å²) in [5.74, 6) is -0.624. The van der Waals surface area contributed by atoms with Crippen LogP contribution in [0.1, 0.15) is 15.9 Å². The Labute approximate surface area is 197 Å². The maximum Gasteiger partial charge on any atom is 0.418 e. The number of aromatic nitrogens is 1. The molecule has 9 heteroatoms. The highest BCUT2D eigenvalue weighted by Gasteiger charge is 2.35. The second-order valence-electron chi connectivity index (χ2n) is 7.83. The minimum atomic E-state index is -4.63. The van der Waals surface area contributed by atoms with Crippen LogP contribution < -0.4 is 10.2 Å². The lowest BCUT2D eigenvalue weighted by Crippen LogP contribution is -2.36. The van der Waals surface area contributed by atoms with E-state index in [4.69, 9.17) is 4.74 Å². The van der Waals surface area contributed by atoms with Crippen molar-refractivity contribution in [3.8, 4) is 10.6 Å². The van der Waals surface area contributed by atoms with E-state index in [1.807, 2.05) is 22.4 Å². The van der Waals surface area contributed by atoms with E-state index >= 15 is 0 Å². The number of nitrogens with zero attached hydrogens (tertiary/aromatic N) is 2. The van der Waals surface area contributed by atoms with E-state index in [0.717, 1.165) is 10.9 Å². The van der Waals surface area contributed by atoms with Crippen molar-refractivity contribution in [1.82, 2.24) is 4.98 Å². The Balaban J connectivity index is 1.53. The summed E-state index contributed by atoms with van der Waals surface area (Å²) in [6, 6.07) is 16.5. The molecule has 0 atom stereocenters. The number of thiophene rings is 1. The Morgan fingerprint density at radius 1 is 1.03 bits per heavy atom. The number of benzene rings is 2. The number of hydrogen-bond donors (Lipinski definition) is 1. The Kier molecular flexibility index (Phi) is 5.97. The largest absolute Gasteiger partial charge is 0.418 e. The maximum absolute atomic E-state index is 13.9. The predicted molar refractivity (Wildman–Crippen MR) is 127 cm³/mol. The Hall–Kier alpha value is -3.43. The number of amides is 1. The first-order valence-corrected chi connectivity index (χ1v) is 11.6. The summed E-state index contributed by atoms with van der Waals surface area (Å²) in [6.45, 7) is 1.94. The summed E-state index contributed by atoms with van der Waals surface area (Å²) in [4.78, 5) is 20.6. The number of rotatable bonds is 4. The molecule has 0 aliphatic carbocycles. The van der Waals surface area contributed by atoms with E-state index in [0.29, 0.717) is 48.6 Å². The van der Waals surface area contributed by atoms with E-state index in [1.165, 1.54) is 17.4 Å². The zero-order valence-electron chi connectivity index (χ0n) is 17.9. The van der Waals surface area contributed by atoms with Gasteiger partial charge < -0.3 is 15.0 Å². The van der Waals surface area contributed by atoms with Gasteiger partial charge in [0.25, 0.3) is 5.91 Å². The highest BCUT2D eigenvalue weighted by Crippen LogP contribution is 2.38. The van der Waals surface area contributed by atoms with Crippen LogP contribution in [0.4, 0.5) is 24.5 Å². The fourth-order valence-electron chi connectivity index (χ4n) is 4.00. The average Bonchev–Trinajstić information content (AvgIpc) is 3.38. The first-order chi connectivity index (χ1) is 16.4. The molecule has 174 valence electrons. The number of anilines is 2. The zero-order valence-corrected chi connectivity index (χ0v) is 18.7. The lowest BCUT2D eigenvalue weighted by molar-refractivity contribution is -0.136. The van der Waals surface area contributed by atoms with Crippen LogP contribution in [0.25, 0.3) is 21.5 Å². The number of alkyl halides is 3. The van der Waals surface area contributed by atoms with Gasteiger partial charge in [0.15, 0.2) is 0 Å². The van der Waals surface area contributed by atoms with Crippen LogP contribution in [0.15, 0.2) is 66.0 Å². The number of ether oxygens (including phenoxy) is 1. The number of pyridine rings is 1. The Morgan fingerprint density at radius 2 is 1.82 bits per heavy atom. The van der Waals surface area contributed by atoms with Gasteiger partial charge in [-0.3, -0.25) is 4.79 Å². The zero-order chi connectivity index (χ0) is 23.7. The van der Waals surface area contributed by atoms with Gasteiger partial charge in [0.1, 0.15) is 0 Å². The summed E-state index contributed by atoms with van der Waals surface area (Å²) in [5.41, 5.74) is 0.729. The van der Waals surface area contributed by atoms with Crippen molar-refractivity contribution in [3.63, 3.8) is 0 Å². The van der Waals surface area contributed by atoms with Crippen molar-refractivity contribution >= 4 is 39.5 Å². The summed E-state index contributed by atoms with van der Waals surface area (Å²) in [6.07, 6.45) is -4.63. The van der Waals surface area contributed by atoms with Crippen LogP contribution in [0, 0.1) is 0 Å². The van der Waals surface area contributed by atoms with Gasteiger partial charge in [-0.05, 0) is 41.8 Å². The molecule has 1 amide bonds. The van der Waals surface area contributed by atoms with Crippen molar-refractivity contribution in [2.75, 3.05) is 36.5 Å². The second kappa shape index (κ2) is 9.08. The Bertz CT molecular complexity index is 1330. The minimum absolute atomic E-state index is 0.263. The molecule has 1 saturated heterocycles. The number of halogens is 3. The monoisotopic (exact) mass is 483 g/mol. The molecule has 0 spiro atoms. The van der Waals surface area contributed by atoms with Crippen molar-refractivity contribution in [1.29, 1.82) is 0 Å². The van der Waals surface area contributed by atoms with Gasteiger partial charge in [-0.1, -0.05) is 24.3 Å². The van der Waals surface area contributed by atoms with Gasteiger partial charge in [-0.15, -0.1) is 11.3 Å². The molecule has 1 N–H and O–H groups in total. The Morgan fingerprint density at radius 3 is 2.56 bits per heavy atom. The third-order valence-corrected chi connectivity index (χ3v) is 6.56. The SMILES string of the molecule is O=C(Nc1ccc(N2CCOCC2)cc1C(F)(F)F)c1cc(-c2cccs2)nc2ccccc12. The highest BCUT2D eigenvalue weighted by atomic mass is 32.1. The van der Waals surface area contributed by atoms with Crippen LogP contribution in [0.2, 0.25) is 0 Å². The molecule has 1 aliphatic rings. The number of carbonyl (C=O) groups is 1. The normalized spacial score (nSPS) is 14.4. The van der Waals surface area contributed by atoms with E-state index < -0.39 is 17.6 Å². The predicted octanol–water partition coefficient (Wildman–Crippen LogP) is 6.07. The number of hydrogen-bond acceptors (Lipinski definition) is 5. The lowest BCUT2D eigenvalue weighted by Gasteiger charge is -2.29. The molecule has 1 aliphatic heterocycles. The molecular formula is C25H20F3N3O2S. The standard InChI is InChI=1S/C25H20F3N3O2S/c26-25(27,28)19-14-16(31-9-11-33-12-10-31)7-8-21(19)30-24(32)18-15-22(23-6-3-13-34-23)29-20-5-2-1-4-17(18)20/h1-8,13-15H,9-12H2,(H,30,32). The van der Waals surface area contributed by atoms with Crippen LogP contribution in [0.3, 0.4) is 0 Å². The number of para-hydroxylation sites is 1. The summed E-state index contributed by atoms with van der Waals surface area (Å²) < 4.78 is 47.1. The van der Waals surface area contributed by atoms with E-state index in [-0.39, 0.29) is 11.3 Å². The molecule has 3 heterocycles. The quantitative estimate of drug-likeness (QED) is 0.383. The summed E-state index contributed by atoms with van der Waals surface area (Å²) in [5, 5.41) is 4.97. The van der Waals surface area contributed by atoms with Crippen molar-refractivity contribution in [2.24, 2.45) is 0 Å². The molecule has 2 aromatic heterocycles. The number of fused-ring (bicyclic) bond motifs is 1. The molecule has 0 bridgehead atoms. The third kappa shape index (κ3) is 4.49. The number of morpholine rings is 1. The lowest BCUT2D eigenvalue weighted by atomic mass is 10.1. The van der Waals surface area contributed by atoms with Gasteiger partial charge in [0, 0.05) is 24.2 Å². The molecule has 34 heavy (non-hydrogen) atoms. The molecule has 0 unspecified atom stereocenters. The van der Waals surface area contributed by atoms with E-state index in [1.54, 1.807) is 36.4 Å². The molecule has 0 radical (unpaired) electrons. The van der Waals surface area contributed by atoms with E-state index in [2.05, 4.69) is 10.3 Å². The topological polar surface area (TPSA) is 54.5 Å². The number of nitrogens with one attached hydrogen (secondary N) is 1. The van der Waals surface area contributed by atoms with Gasteiger partial charge in [0.2, 0.25) is 0 Å². The fourth-order valence-corrected chi connectivity index (χ4v) is 4.68. The molecular weight excluding hydrogens is 463 g/mol. The van der Waals surface area contributed by atoms with Gasteiger partial charge in [0.05, 0.1) is 46.1 Å². The third-order valence-electron chi connectivity index (χ3n) is 5.67. The molecule has 5 nitrogen and oxygen atoms in total. The molecule has 1 fully saturated rings. The van der Waals surface area contributed by atoms with Gasteiger partial charge in [-0.25, -0.2) is 4.98 Å². The summed E-state index contributed by atoms with van der Waals surface area (Å²) in [7, 11) is 0. The molecule has 0 saturated carbocycles. The van der Waals surface area contributed by atoms with E-state index in [9.17, 15) is 18.0 Å². The minimum Gasteiger partial charge on any atom is -0.378 e. The smallest absolute Gasteiger partial charge is 0.378 e. The molecule has 4 aromatic rings. The second-order valence-corrected chi connectivity index (χ2v) is 8.78.